The van der Waals surface area contributed by atoms with E-state index in [1.165, 1.54) is 25.5 Å². The van der Waals surface area contributed by atoms with Crippen LogP contribution in [0.4, 0.5) is 11.5 Å². The lowest BCUT2D eigenvalue weighted by atomic mass is 9.95. The molecule has 1 saturated carbocycles. The van der Waals surface area contributed by atoms with Gasteiger partial charge in [-0.2, -0.15) is 5.10 Å². The molecule has 0 spiro atoms. The fourth-order valence-corrected chi connectivity index (χ4v) is 4.55. The lowest BCUT2D eigenvalue weighted by molar-refractivity contribution is 0.462. The molecule has 130 valence electrons. The summed E-state index contributed by atoms with van der Waals surface area (Å²) in [6.07, 6.45) is 7.66. The van der Waals surface area contributed by atoms with E-state index in [0.717, 1.165) is 18.7 Å². The quantitative estimate of drug-likeness (QED) is 0.770. The molecule has 2 aromatic rings. The Morgan fingerprint density at radius 3 is 2.50 bits per heavy atom. The van der Waals surface area contributed by atoms with Crippen LogP contribution in [-0.2, 0) is 10.0 Å². The fraction of sp³-hybridized carbons (Fsp3) is 0.500. The van der Waals surface area contributed by atoms with E-state index in [2.05, 4.69) is 25.2 Å². The van der Waals surface area contributed by atoms with Crippen LogP contribution in [0.2, 0.25) is 0 Å². The van der Waals surface area contributed by atoms with Crippen LogP contribution in [0.5, 0.6) is 0 Å². The van der Waals surface area contributed by atoms with Crippen LogP contribution >= 0.6 is 0 Å². The minimum Gasteiger partial charge on any atom is -0.367 e. The maximum absolute atomic E-state index is 12.5. The first-order valence-corrected chi connectivity index (χ1v) is 9.71. The Balaban J connectivity index is 1.69. The standard InChI is InChI=1S/C16H23N5O2S/c1-11-16(12(2)20-19-11)24(22,23)21-14-8-9-15(17-10-14)18-13-6-4-3-5-7-13/h8-10,13,21H,3-7H2,1-2H3,(H,17,18)(H,19,20). The second-order valence-corrected chi connectivity index (χ2v) is 7.90. The van der Waals surface area contributed by atoms with Gasteiger partial charge in [-0.1, -0.05) is 19.3 Å². The Labute approximate surface area is 142 Å². The molecule has 1 aliphatic carbocycles. The zero-order chi connectivity index (χ0) is 17.2. The van der Waals surface area contributed by atoms with E-state index < -0.39 is 10.0 Å². The summed E-state index contributed by atoms with van der Waals surface area (Å²) in [5.74, 6) is 0.778. The molecular weight excluding hydrogens is 326 g/mol. The van der Waals surface area contributed by atoms with Crippen LogP contribution in [0.25, 0.3) is 0 Å². The highest BCUT2D eigenvalue weighted by molar-refractivity contribution is 7.92. The number of hydrogen-bond acceptors (Lipinski definition) is 5. The maximum Gasteiger partial charge on any atom is 0.265 e. The first-order valence-electron chi connectivity index (χ1n) is 8.23. The second kappa shape index (κ2) is 6.80. The van der Waals surface area contributed by atoms with Gasteiger partial charge >= 0.3 is 0 Å². The Kier molecular flexibility index (Phi) is 4.75. The Morgan fingerprint density at radius 2 is 1.92 bits per heavy atom. The van der Waals surface area contributed by atoms with E-state index >= 15 is 0 Å². The van der Waals surface area contributed by atoms with Crippen molar-refractivity contribution < 1.29 is 8.42 Å². The van der Waals surface area contributed by atoms with Crippen molar-refractivity contribution in [1.82, 2.24) is 15.2 Å². The van der Waals surface area contributed by atoms with Crippen molar-refractivity contribution in [3.63, 3.8) is 0 Å². The zero-order valence-electron chi connectivity index (χ0n) is 14.0. The third-order valence-electron chi connectivity index (χ3n) is 4.30. The predicted octanol–water partition coefficient (Wildman–Crippen LogP) is 2.97. The summed E-state index contributed by atoms with van der Waals surface area (Å²) < 4.78 is 27.5. The van der Waals surface area contributed by atoms with Crippen molar-refractivity contribution in [3.8, 4) is 0 Å². The Morgan fingerprint density at radius 1 is 1.17 bits per heavy atom. The molecule has 0 saturated heterocycles. The van der Waals surface area contributed by atoms with E-state index in [1.807, 2.05) is 6.07 Å². The van der Waals surface area contributed by atoms with Gasteiger partial charge in [-0.05, 0) is 38.8 Å². The van der Waals surface area contributed by atoms with Gasteiger partial charge in [0.1, 0.15) is 10.7 Å². The predicted molar refractivity (Wildman–Crippen MR) is 93.6 cm³/mol. The number of hydrogen-bond donors (Lipinski definition) is 3. The molecule has 8 heteroatoms. The summed E-state index contributed by atoms with van der Waals surface area (Å²) in [5.41, 5.74) is 1.40. The molecule has 0 unspecified atom stereocenters. The summed E-state index contributed by atoms with van der Waals surface area (Å²) in [4.78, 5) is 4.51. The number of nitrogens with zero attached hydrogens (tertiary/aromatic N) is 2. The molecule has 0 radical (unpaired) electrons. The molecule has 3 rings (SSSR count). The number of anilines is 2. The SMILES string of the molecule is Cc1n[nH]c(C)c1S(=O)(=O)Nc1ccc(NC2CCCCC2)nc1. The third kappa shape index (κ3) is 3.69. The number of aryl methyl sites for hydroxylation is 2. The van der Waals surface area contributed by atoms with Gasteiger partial charge in [0.2, 0.25) is 0 Å². The largest absolute Gasteiger partial charge is 0.367 e. The van der Waals surface area contributed by atoms with Gasteiger partial charge < -0.3 is 5.32 Å². The summed E-state index contributed by atoms with van der Waals surface area (Å²) >= 11 is 0. The average molecular weight is 349 g/mol. The molecule has 0 aliphatic heterocycles. The minimum atomic E-state index is -3.68. The van der Waals surface area contributed by atoms with Crippen LogP contribution in [0.1, 0.15) is 43.5 Å². The van der Waals surface area contributed by atoms with Crippen molar-refractivity contribution in [2.24, 2.45) is 0 Å². The summed E-state index contributed by atoms with van der Waals surface area (Å²) in [7, 11) is -3.68. The van der Waals surface area contributed by atoms with Crippen molar-refractivity contribution >= 4 is 21.5 Å². The number of H-pyrrole nitrogens is 1. The molecule has 0 amide bonds. The number of pyridine rings is 1. The first kappa shape index (κ1) is 16.8. The van der Waals surface area contributed by atoms with Gasteiger partial charge in [0.15, 0.2) is 0 Å². The van der Waals surface area contributed by atoms with Gasteiger partial charge in [-0.15, -0.1) is 0 Å². The van der Waals surface area contributed by atoms with E-state index in [0.29, 0.717) is 23.1 Å². The lowest BCUT2D eigenvalue weighted by Gasteiger charge is -2.23. The van der Waals surface area contributed by atoms with Crippen LogP contribution in [-0.4, -0.2) is 29.6 Å². The molecule has 1 aliphatic rings. The minimum absolute atomic E-state index is 0.187. The van der Waals surface area contributed by atoms with Crippen LogP contribution in [0, 0.1) is 13.8 Å². The first-order chi connectivity index (χ1) is 11.5. The monoisotopic (exact) mass is 349 g/mol. The van der Waals surface area contributed by atoms with Gasteiger partial charge in [-0.3, -0.25) is 9.82 Å². The van der Waals surface area contributed by atoms with Crippen molar-refractivity contribution in [3.05, 3.63) is 29.7 Å². The molecule has 3 N–H and O–H groups in total. The number of nitrogens with one attached hydrogen (secondary N) is 3. The molecule has 1 fully saturated rings. The topological polar surface area (TPSA) is 99.8 Å². The van der Waals surface area contributed by atoms with E-state index in [1.54, 1.807) is 19.9 Å². The van der Waals surface area contributed by atoms with Gasteiger partial charge in [0, 0.05) is 6.04 Å². The molecule has 0 atom stereocenters. The van der Waals surface area contributed by atoms with Crippen LogP contribution < -0.4 is 10.0 Å². The number of sulfonamides is 1. The summed E-state index contributed by atoms with van der Waals surface area (Å²) in [5, 5.41) is 10.0. The number of aromatic nitrogens is 3. The lowest BCUT2D eigenvalue weighted by Crippen LogP contribution is -2.22. The van der Waals surface area contributed by atoms with E-state index in [-0.39, 0.29) is 4.90 Å². The van der Waals surface area contributed by atoms with Crippen LogP contribution in [0.15, 0.2) is 23.2 Å². The Bertz CT molecular complexity index is 773. The van der Waals surface area contributed by atoms with Gasteiger partial charge in [-0.25, -0.2) is 13.4 Å². The van der Waals surface area contributed by atoms with Crippen molar-refractivity contribution in [2.75, 3.05) is 10.0 Å². The molecule has 7 nitrogen and oxygen atoms in total. The highest BCUT2D eigenvalue weighted by atomic mass is 32.2. The smallest absolute Gasteiger partial charge is 0.265 e. The van der Waals surface area contributed by atoms with E-state index in [4.69, 9.17) is 0 Å². The molecule has 0 aromatic carbocycles. The molecule has 2 heterocycles. The van der Waals surface area contributed by atoms with Gasteiger partial charge in [0.05, 0.1) is 23.3 Å². The zero-order valence-corrected chi connectivity index (χ0v) is 14.8. The fourth-order valence-electron chi connectivity index (χ4n) is 3.14. The summed E-state index contributed by atoms with van der Waals surface area (Å²) in [6, 6.07) is 3.99. The molecule has 24 heavy (non-hydrogen) atoms. The third-order valence-corrected chi connectivity index (χ3v) is 5.95. The van der Waals surface area contributed by atoms with Gasteiger partial charge in [0.25, 0.3) is 10.0 Å². The molecule has 0 bridgehead atoms. The Hall–Kier alpha value is -2.09. The van der Waals surface area contributed by atoms with Crippen molar-refractivity contribution in [2.45, 2.75) is 56.9 Å². The summed E-state index contributed by atoms with van der Waals surface area (Å²) in [6.45, 7) is 3.34. The maximum atomic E-state index is 12.5. The highest BCUT2D eigenvalue weighted by Crippen LogP contribution is 2.23. The second-order valence-electron chi connectivity index (χ2n) is 6.28. The number of rotatable bonds is 5. The van der Waals surface area contributed by atoms with Crippen molar-refractivity contribution in [1.29, 1.82) is 0 Å². The highest BCUT2D eigenvalue weighted by Gasteiger charge is 2.22. The molecule has 2 aromatic heterocycles. The van der Waals surface area contributed by atoms with Crippen LogP contribution in [0.3, 0.4) is 0 Å². The molecular formula is C16H23N5O2S. The number of aromatic amines is 1. The average Bonchev–Trinajstić information content (AvgIpc) is 2.90. The van der Waals surface area contributed by atoms with E-state index in [9.17, 15) is 8.42 Å². The normalized spacial score (nSPS) is 16.1.